The summed E-state index contributed by atoms with van der Waals surface area (Å²) in [6, 6.07) is 3.62. The molecule has 0 radical (unpaired) electrons. The van der Waals surface area contributed by atoms with Gasteiger partial charge in [0.05, 0.1) is 37.9 Å². The first-order valence-electron chi connectivity index (χ1n) is 26.5. The van der Waals surface area contributed by atoms with Gasteiger partial charge in [-0.05, 0) is 77.7 Å². The summed E-state index contributed by atoms with van der Waals surface area (Å²) in [7, 11) is 1.60. The number of hydrogen-bond acceptors (Lipinski definition) is 12. The zero-order valence-electron chi connectivity index (χ0n) is 44.3. The molecular formula is C53H87N7O12. The summed E-state index contributed by atoms with van der Waals surface area (Å²) in [5.74, 6) is -4.70. The Balaban J connectivity index is 1.50. The van der Waals surface area contributed by atoms with E-state index >= 15 is 0 Å². The van der Waals surface area contributed by atoms with Crippen molar-refractivity contribution in [3.63, 3.8) is 0 Å². The SMILES string of the molecule is CCCCCC[C@@H](OC[C@@H](C)N)[C@@H](C)C(=O)N(C)[C@@H](CCC)C(=O)NC(C(=O)N[C@@H](CNC(=O)OCc1ccccc1)C(=O)N[C@@H](COC1CC2(C1)CN(C(=O)OC(C)(C)C)C2)C(=O)O)C1CCCCCC1. The fourth-order valence-corrected chi connectivity index (χ4v) is 9.84. The molecule has 1 saturated heterocycles. The van der Waals surface area contributed by atoms with Crippen LogP contribution in [0.1, 0.15) is 150 Å². The maximum Gasteiger partial charge on any atom is 0.410 e. The fraction of sp³-hybridized carbons (Fsp3) is 0.755. The average molecular weight is 1010 g/mol. The molecule has 6 amide bonds. The van der Waals surface area contributed by atoms with Crippen molar-refractivity contribution in [2.75, 3.05) is 39.9 Å². The first-order chi connectivity index (χ1) is 34.1. The number of carboxylic acids is 1. The highest BCUT2D eigenvalue weighted by molar-refractivity contribution is 5.95. The van der Waals surface area contributed by atoms with Crippen LogP contribution >= 0.6 is 0 Å². The Labute approximate surface area is 427 Å². The van der Waals surface area contributed by atoms with E-state index in [2.05, 4.69) is 28.2 Å². The molecule has 7 atom stereocenters. The molecule has 406 valence electrons. The zero-order valence-corrected chi connectivity index (χ0v) is 44.3. The van der Waals surface area contributed by atoms with Crippen LogP contribution in [-0.4, -0.2) is 145 Å². The summed E-state index contributed by atoms with van der Waals surface area (Å²) in [6.07, 6.45) is 9.49. The topological polar surface area (TPSA) is 257 Å². The number of nitrogens with one attached hydrogen (secondary N) is 4. The number of carbonyl (C=O) groups excluding carboxylic acids is 6. The zero-order chi connectivity index (χ0) is 53.0. The number of nitrogens with two attached hydrogens (primary N) is 1. The van der Waals surface area contributed by atoms with E-state index in [0.717, 1.165) is 56.9 Å². The Kier molecular flexibility index (Phi) is 24.0. The summed E-state index contributed by atoms with van der Waals surface area (Å²) in [5, 5.41) is 21.0. The number of carbonyl (C=O) groups is 7. The number of likely N-dealkylation sites (tertiary alicyclic amines) is 1. The molecule has 1 aromatic carbocycles. The molecule has 0 bridgehead atoms. The normalized spacial score (nSPS) is 18.8. The lowest BCUT2D eigenvalue weighted by Crippen LogP contribution is -2.66. The maximum absolute atomic E-state index is 14.7. The first kappa shape index (κ1) is 59.6. The maximum atomic E-state index is 14.7. The van der Waals surface area contributed by atoms with E-state index in [1.54, 1.807) is 57.0 Å². The van der Waals surface area contributed by atoms with Gasteiger partial charge in [0.25, 0.3) is 0 Å². The van der Waals surface area contributed by atoms with Gasteiger partial charge in [0, 0.05) is 31.6 Å². The standard InChI is InChI=1S/C53H87N7O12/c1-9-11-12-20-26-43(70-30-35(3)54)36(4)48(64)59(8)42(21-10-2)46(62)58-44(38-24-18-13-14-19-25-38)47(63)56-40(29-55-50(67)71-31-37-22-16-15-17-23-37)45(61)57-41(49(65)66)32-69-39-27-53(28-39)33-60(34-53)51(68)72-52(5,6)7/h15-17,22-23,35-36,38-44H,9-14,18-21,24-34,54H2,1-8H3,(H,55,67)(H,56,63)(H,57,61)(H,58,62)(H,65,66)/t35-,36-,40+,41+,42+,43-,44?/m1/s1. The molecular weight excluding hydrogens is 927 g/mol. The monoisotopic (exact) mass is 1010 g/mol. The molecule has 4 rings (SSSR count). The van der Waals surface area contributed by atoms with E-state index in [1.807, 2.05) is 26.8 Å². The van der Waals surface area contributed by atoms with Gasteiger partial charge in [-0.25, -0.2) is 14.4 Å². The van der Waals surface area contributed by atoms with Gasteiger partial charge in [-0.15, -0.1) is 0 Å². The number of nitrogens with zero attached hydrogens (tertiary/aromatic N) is 2. The summed E-state index contributed by atoms with van der Waals surface area (Å²) < 4.78 is 23.0. The number of unbranched alkanes of at least 4 members (excludes halogenated alkanes) is 3. The quantitative estimate of drug-likeness (QED) is 0.0429. The molecule has 1 aromatic rings. The Morgan fingerprint density at radius 3 is 2.08 bits per heavy atom. The molecule has 1 heterocycles. The minimum absolute atomic E-state index is 0.0696. The summed E-state index contributed by atoms with van der Waals surface area (Å²) in [4.78, 5) is 98.8. The number of rotatable bonds is 28. The molecule has 2 saturated carbocycles. The second-order valence-corrected chi connectivity index (χ2v) is 21.6. The van der Waals surface area contributed by atoms with Crippen molar-refractivity contribution in [3.05, 3.63) is 35.9 Å². The molecule has 1 unspecified atom stereocenters. The number of amides is 6. The van der Waals surface area contributed by atoms with Gasteiger partial charge in [0.2, 0.25) is 23.6 Å². The van der Waals surface area contributed by atoms with Gasteiger partial charge in [0.1, 0.15) is 30.3 Å². The van der Waals surface area contributed by atoms with Gasteiger partial charge in [0.15, 0.2) is 6.04 Å². The van der Waals surface area contributed by atoms with Gasteiger partial charge < -0.3 is 60.9 Å². The number of benzene rings is 1. The van der Waals surface area contributed by atoms with E-state index in [-0.39, 0.29) is 55.3 Å². The van der Waals surface area contributed by atoms with Gasteiger partial charge >= 0.3 is 18.2 Å². The Bertz CT molecular complexity index is 1890. The largest absolute Gasteiger partial charge is 0.480 e. The van der Waals surface area contributed by atoms with Crippen LogP contribution in [0.3, 0.4) is 0 Å². The van der Waals surface area contributed by atoms with E-state index in [0.29, 0.717) is 58.0 Å². The van der Waals surface area contributed by atoms with Crippen molar-refractivity contribution in [1.82, 2.24) is 31.1 Å². The van der Waals surface area contributed by atoms with Crippen LogP contribution in [0.25, 0.3) is 0 Å². The van der Waals surface area contributed by atoms with Gasteiger partial charge in [-0.3, -0.25) is 19.2 Å². The number of carboxylic acid groups (broad SMARTS) is 1. The van der Waals surface area contributed by atoms with Crippen molar-refractivity contribution in [1.29, 1.82) is 0 Å². The molecule has 19 nitrogen and oxygen atoms in total. The number of likely N-dealkylation sites (N-methyl/N-ethyl adjacent to an activating group) is 1. The number of alkyl carbamates (subject to hydrolysis) is 1. The fourth-order valence-electron chi connectivity index (χ4n) is 9.84. The molecule has 1 aliphatic heterocycles. The van der Waals surface area contributed by atoms with Crippen LogP contribution in [0, 0.1) is 17.3 Å². The van der Waals surface area contributed by atoms with Crippen LogP contribution in [0.5, 0.6) is 0 Å². The number of aliphatic carboxylic acids is 1. The number of hydrogen-bond donors (Lipinski definition) is 6. The second-order valence-electron chi connectivity index (χ2n) is 21.6. The summed E-state index contributed by atoms with van der Waals surface area (Å²) in [5.41, 5.74) is 5.99. The second kappa shape index (κ2) is 29.0. The van der Waals surface area contributed by atoms with Gasteiger partial charge in [-0.1, -0.05) is 109 Å². The molecule has 72 heavy (non-hydrogen) atoms. The Morgan fingerprint density at radius 1 is 0.833 bits per heavy atom. The third kappa shape index (κ3) is 19.1. The molecule has 3 fully saturated rings. The molecule has 2 aliphatic carbocycles. The molecule has 7 N–H and O–H groups in total. The lowest BCUT2D eigenvalue weighted by molar-refractivity contribution is -0.159. The lowest BCUT2D eigenvalue weighted by atomic mass is 9.62. The minimum atomic E-state index is -1.53. The van der Waals surface area contributed by atoms with Crippen LogP contribution in [0.15, 0.2) is 30.3 Å². The Morgan fingerprint density at radius 2 is 1.49 bits per heavy atom. The van der Waals surface area contributed by atoms with Crippen LogP contribution in [-0.2, 0) is 49.5 Å². The van der Waals surface area contributed by atoms with Crippen LogP contribution in [0.4, 0.5) is 9.59 Å². The third-order valence-electron chi connectivity index (χ3n) is 13.9. The van der Waals surface area contributed by atoms with E-state index in [1.165, 1.54) is 4.90 Å². The van der Waals surface area contributed by atoms with Crippen molar-refractivity contribution in [3.8, 4) is 0 Å². The summed E-state index contributed by atoms with van der Waals surface area (Å²) >= 11 is 0. The molecule has 0 aromatic heterocycles. The Hall–Kier alpha value is -5.01. The summed E-state index contributed by atoms with van der Waals surface area (Å²) in [6.45, 7) is 13.5. The van der Waals surface area contributed by atoms with Crippen molar-refractivity contribution >= 4 is 41.8 Å². The van der Waals surface area contributed by atoms with Crippen LogP contribution < -0.4 is 27.0 Å². The predicted molar refractivity (Wildman–Crippen MR) is 271 cm³/mol. The van der Waals surface area contributed by atoms with E-state index < -0.39 is 78.1 Å². The third-order valence-corrected chi connectivity index (χ3v) is 13.9. The van der Waals surface area contributed by atoms with E-state index in [9.17, 15) is 38.7 Å². The average Bonchev–Trinajstić information content (AvgIpc) is 3.59. The van der Waals surface area contributed by atoms with Crippen molar-refractivity contribution < 1.29 is 57.6 Å². The minimum Gasteiger partial charge on any atom is -0.480 e. The van der Waals surface area contributed by atoms with Crippen LogP contribution in [0.2, 0.25) is 0 Å². The number of ether oxygens (including phenoxy) is 4. The van der Waals surface area contributed by atoms with E-state index in [4.69, 9.17) is 24.7 Å². The molecule has 19 heteroatoms. The van der Waals surface area contributed by atoms with Crippen molar-refractivity contribution in [2.45, 2.75) is 199 Å². The highest BCUT2D eigenvalue weighted by Crippen LogP contribution is 2.50. The molecule has 3 aliphatic rings. The highest BCUT2D eigenvalue weighted by Gasteiger charge is 2.55. The first-order valence-corrected chi connectivity index (χ1v) is 26.5. The van der Waals surface area contributed by atoms with Gasteiger partial charge in [-0.2, -0.15) is 0 Å². The van der Waals surface area contributed by atoms with Crippen molar-refractivity contribution in [2.24, 2.45) is 23.0 Å². The lowest BCUT2D eigenvalue weighted by Gasteiger charge is -2.58. The predicted octanol–water partition coefficient (Wildman–Crippen LogP) is 5.80. The smallest absolute Gasteiger partial charge is 0.410 e. The molecule has 1 spiro atoms. The highest BCUT2D eigenvalue weighted by atomic mass is 16.6.